The van der Waals surface area contributed by atoms with Gasteiger partial charge in [-0.2, -0.15) is 0 Å². The molecule has 0 unspecified atom stereocenters. The summed E-state index contributed by atoms with van der Waals surface area (Å²) < 4.78 is 10.6. The highest BCUT2D eigenvalue weighted by Crippen LogP contribution is 2.30. The molecule has 1 aliphatic rings. The highest BCUT2D eigenvalue weighted by molar-refractivity contribution is 7.18. The Morgan fingerprint density at radius 1 is 1.36 bits per heavy atom. The Balaban J connectivity index is 1.75. The maximum Gasteiger partial charge on any atom is 0.257 e. The second kappa shape index (κ2) is 6.41. The average molecular weight is 319 g/mol. The average Bonchev–Trinajstić information content (AvgIpc) is 3.25. The maximum absolute atomic E-state index is 12.3. The van der Waals surface area contributed by atoms with Gasteiger partial charge in [0.15, 0.2) is 0 Å². The maximum atomic E-state index is 12.3. The number of carbonyl (C=O) groups excluding carboxylic acids is 1. The fourth-order valence-electron chi connectivity index (χ4n) is 2.28. The van der Waals surface area contributed by atoms with Gasteiger partial charge < -0.3 is 9.47 Å². The van der Waals surface area contributed by atoms with Crippen LogP contribution < -0.4 is 9.64 Å². The van der Waals surface area contributed by atoms with Gasteiger partial charge in [0.25, 0.3) is 5.91 Å². The Kier molecular flexibility index (Phi) is 4.35. The zero-order valence-corrected chi connectivity index (χ0v) is 13.3. The van der Waals surface area contributed by atoms with Gasteiger partial charge in [0.1, 0.15) is 16.9 Å². The molecule has 6 nitrogen and oxygen atoms in total. The van der Waals surface area contributed by atoms with Crippen LogP contribution in [0.25, 0.3) is 10.6 Å². The number of hydrogen-bond donors (Lipinski definition) is 0. The van der Waals surface area contributed by atoms with Gasteiger partial charge in [0.2, 0.25) is 5.13 Å². The molecule has 116 valence electrons. The number of likely N-dealkylation sites (N-methyl/N-ethyl adjacent to an activating group) is 1. The molecule has 3 rings (SSSR count). The van der Waals surface area contributed by atoms with Crippen molar-refractivity contribution in [3.63, 3.8) is 0 Å². The van der Waals surface area contributed by atoms with E-state index in [2.05, 4.69) is 10.2 Å². The van der Waals surface area contributed by atoms with E-state index in [1.807, 2.05) is 24.3 Å². The van der Waals surface area contributed by atoms with Crippen molar-refractivity contribution in [1.29, 1.82) is 0 Å². The second-order valence-corrected chi connectivity index (χ2v) is 5.97. The normalized spacial score (nSPS) is 17.5. The van der Waals surface area contributed by atoms with E-state index in [-0.39, 0.29) is 12.0 Å². The Morgan fingerprint density at radius 2 is 2.14 bits per heavy atom. The highest BCUT2D eigenvalue weighted by Gasteiger charge is 2.28. The van der Waals surface area contributed by atoms with Gasteiger partial charge in [-0.05, 0) is 37.1 Å². The van der Waals surface area contributed by atoms with E-state index in [4.69, 9.17) is 9.47 Å². The largest absolute Gasteiger partial charge is 0.497 e. The molecule has 0 saturated carbocycles. The van der Waals surface area contributed by atoms with Crippen LogP contribution in [-0.2, 0) is 9.53 Å². The number of aromatic nitrogens is 2. The summed E-state index contributed by atoms with van der Waals surface area (Å²) in [6, 6.07) is 7.59. The molecule has 0 aliphatic carbocycles. The lowest BCUT2D eigenvalue weighted by Gasteiger charge is -2.16. The smallest absolute Gasteiger partial charge is 0.257 e. The van der Waals surface area contributed by atoms with Crippen molar-refractivity contribution >= 4 is 22.4 Å². The first-order valence-corrected chi connectivity index (χ1v) is 7.88. The molecular formula is C15H17N3O3S. The molecule has 1 aromatic heterocycles. The number of nitrogens with zero attached hydrogens (tertiary/aromatic N) is 3. The molecule has 7 heteroatoms. The molecule has 1 aromatic carbocycles. The van der Waals surface area contributed by atoms with Crippen LogP contribution in [0.2, 0.25) is 0 Å². The van der Waals surface area contributed by atoms with E-state index in [1.54, 1.807) is 14.2 Å². The van der Waals surface area contributed by atoms with E-state index in [1.165, 1.54) is 16.2 Å². The molecule has 1 amide bonds. The summed E-state index contributed by atoms with van der Waals surface area (Å²) in [7, 11) is 3.34. The van der Waals surface area contributed by atoms with Gasteiger partial charge >= 0.3 is 0 Å². The van der Waals surface area contributed by atoms with Gasteiger partial charge in [-0.15, -0.1) is 10.2 Å². The minimum atomic E-state index is -0.349. The van der Waals surface area contributed by atoms with Crippen LogP contribution in [0.5, 0.6) is 5.75 Å². The van der Waals surface area contributed by atoms with Gasteiger partial charge in [-0.1, -0.05) is 11.3 Å². The van der Waals surface area contributed by atoms with Gasteiger partial charge in [0.05, 0.1) is 7.11 Å². The molecule has 1 aliphatic heterocycles. The minimum absolute atomic E-state index is 0.0602. The van der Waals surface area contributed by atoms with Crippen molar-refractivity contribution in [2.75, 3.05) is 25.7 Å². The molecule has 0 radical (unpaired) electrons. The number of ether oxygens (including phenoxy) is 2. The van der Waals surface area contributed by atoms with Crippen LogP contribution in [-0.4, -0.2) is 43.0 Å². The van der Waals surface area contributed by atoms with E-state index >= 15 is 0 Å². The van der Waals surface area contributed by atoms with Crippen molar-refractivity contribution in [3.05, 3.63) is 24.3 Å². The van der Waals surface area contributed by atoms with Crippen LogP contribution in [0.1, 0.15) is 12.8 Å². The zero-order valence-electron chi connectivity index (χ0n) is 12.5. The molecule has 1 fully saturated rings. The summed E-state index contributed by atoms with van der Waals surface area (Å²) in [6.07, 6.45) is 1.35. The SMILES string of the molecule is COc1ccc(-c2nnc(N(C)C(=O)[C@@H]3CCCO3)s2)cc1. The Morgan fingerprint density at radius 3 is 2.77 bits per heavy atom. The third kappa shape index (κ3) is 2.95. The summed E-state index contributed by atoms with van der Waals surface area (Å²) in [4.78, 5) is 13.8. The van der Waals surface area contributed by atoms with Crippen LogP contribution in [0.15, 0.2) is 24.3 Å². The van der Waals surface area contributed by atoms with Crippen molar-refractivity contribution in [1.82, 2.24) is 10.2 Å². The Labute approximate surface area is 132 Å². The van der Waals surface area contributed by atoms with Gasteiger partial charge in [0, 0.05) is 19.2 Å². The first kappa shape index (κ1) is 14.9. The fourth-order valence-corrected chi connectivity index (χ4v) is 3.10. The summed E-state index contributed by atoms with van der Waals surface area (Å²) in [5, 5.41) is 9.62. The van der Waals surface area contributed by atoms with Crippen molar-refractivity contribution in [2.24, 2.45) is 0 Å². The lowest BCUT2D eigenvalue weighted by molar-refractivity contribution is -0.127. The molecule has 2 heterocycles. The minimum Gasteiger partial charge on any atom is -0.497 e. The predicted molar refractivity (Wildman–Crippen MR) is 84.3 cm³/mol. The topological polar surface area (TPSA) is 64.6 Å². The van der Waals surface area contributed by atoms with E-state index in [9.17, 15) is 4.79 Å². The monoisotopic (exact) mass is 319 g/mol. The molecule has 0 bridgehead atoms. The molecule has 22 heavy (non-hydrogen) atoms. The van der Waals surface area contributed by atoms with Crippen molar-refractivity contribution in [2.45, 2.75) is 18.9 Å². The molecule has 0 N–H and O–H groups in total. The van der Waals surface area contributed by atoms with Crippen molar-refractivity contribution < 1.29 is 14.3 Å². The van der Waals surface area contributed by atoms with E-state index in [0.29, 0.717) is 11.7 Å². The van der Waals surface area contributed by atoms with Crippen LogP contribution in [0.3, 0.4) is 0 Å². The van der Waals surface area contributed by atoms with Crippen LogP contribution in [0, 0.1) is 0 Å². The van der Waals surface area contributed by atoms with Gasteiger partial charge in [-0.25, -0.2) is 0 Å². The summed E-state index contributed by atoms with van der Waals surface area (Å²) in [6.45, 7) is 0.650. The molecule has 1 atom stereocenters. The first-order chi connectivity index (χ1) is 10.7. The first-order valence-electron chi connectivity index (χ1n) is 7.06. The van der Waals surface area contributed by atoms with E-state index < -0.39 is 0 Å². The lowest BCUT2D eigenvalue weighted by atomic mass is 10.2. The number of carbonyl (C=O) groups is 1. The summed E-state index contributed by atoms with van der Waals surface area (Å²) in [5.41, 5.74) is 0.947. The zero-order chi connectivity index (χ0) is 15.5. The number of methoxy groups -OCH3 is 1. The number of hydrogen-bond acceptors (Lipinski definition) is 6. The van der Waals surface area contributed by atoms with Crippen molar-refractivity contribution in [3.8, 4) is 16.3 Å². The molecule has 1 saturated heterocycles. The number of anilines is 1. The number of benzene rings is 1. The Bertz CT molecular complexity index is 650. The number of rotatable bonds is 4. The number of amides is 1. The second-order valence-electron chi connectivity index (χ2n) is 5.02. The summed E-state index contributed by atoms with van der Waals surface area (Å²) >= 11 is 1.38. The fraction of sp³-hybridized carbons (Fsp3) is 0.400. The lowest BCUT2D eigenvalue weighted by Crippen LogP contribution is -2.35. The third-order valence-electron chi connectivity index (χ3n) is 3.57. The molecule has 2 aromatic rings. The van der Waals surface area contributed by atoms with Crippen LogP contribution >= 0.6 is 11.3 Å². The predicted octanol–water partition coefficient (Wildman–Crippen LogP) is 2.36. The third-order valence-corrected chi connectivity index (χ3v) is 4.62. The standard InChI is InChI=1S/C15H17N3O3S/c1-18(14(19)12-4-3-9-21-12)15-17-16-13(22-15)10-5-7-11(20-2)8-6-10/h5-8,12H,3-4,9H2,1-2H3/t12-/m0/s1. The van der Waals surface area contributed by atoms with E-state index in [0.717, 1.165) is 29.2 Å². The highest BCUT2D eigenvalue weighted by atomic mass is 32.1. The Hall–Kier alpha value is -1.99. The molecular weight excluding hydrogens is 302 g/mol. The van der Waals surface area contributed by atoms with Crippen LogP contribution in [0.4, 0.5) is 5.13 Å². The quantitative estimate of drug-likeness (QED) is 0.865. The molecule has 0 spiro atoms. The van der Waals surface area contributed by atoms with Gasteiger partial charge in [-0.3, -0.25) is 9.69 Å². The summed E-state index contributed by atoms with van der Waals surface area (Å²) in [5.74, 6) is 0.731.